The zero-order valence-corrected chi connectivity index (χ0v) is 6.88. The number of fused-ring (bicyclic) bond motifs is 1. The molecule has 2 aliphatic rings. The zero-order chi connectivity index (χ0) is 7.68. The van der Waals surface area contributed by atoms with Crippen LogP contribution >= 0.6 is 11.8 Å². The normalized spacial score (nSPS) is 29.6. The van der Waals surface area contributed by atoms with E-state index in [1.165, 1.54) is 0 Å². The third-order valence-corrected chi connectivity index (χ3v) is 2.98. The minimum atomic E-state index is -0.154. The average molecular weight is 171 g/mol. The molecular formula is C6H9N3OS. The topological polar surface area (TPSA) is 45.0 Å². The first kappa shape index (κ1) is 7.09. The van der Waals surface area contributed by atoms with Gasteiger partial charge in [0.15, 0.2) is 11.3 Å². The summed E-state index contributed by atoms with van der Waals surface area (Å²) in [5.74, 6) is 0.780. The maximum absolute atomic E-state index is 10.3. The largest absolute Gasteiger partial charge is 0.326 e. The van der Waals surface area contributed by atoms with E-state index >= 15 is 0 Å². The fraction of sp³-hybridized carbons (Fsp3) is 0.833. The summed E-state index contributed by atoms with van der Waals surface area (Å²) in [4.78, 5) is 16.6. The maximum atomic E-state index is 10.3. The molecule has 2 aliphatic heterocycles. The Bertz CT molecular complexity index is 206. The van der Waals surface area contributed by atoms with Gasteiger partial charge < -0.3 is 4.90 Å². The summed E-state index contributed by atoms with van der Waals surface area (Å²) in [5.41, 5.74) is 0. The molecule has 1 saturated heterocycles. The van der Waals surface area contributed by atoms with E-state index in [2.05, 4.69) is 10.2 Å². The van der Waals surface area contributed by atoms with Crippen LogP contribution < -0.4 is 0 Å². The van der Waals surface area contributed by atoms with Crippen molar-refractivity contribution in [1.82, 2.24) is 4.90 Å². The molecule has 0 aromatic heterocycles. The molecular weight excluding hydrogens is 162 g/mol. The highest BCUT2D eigenvalue weighted by Gasteiger charge is 2.31. The smallest absolute Gasteiger partial charge is 0.174 e. The first-order valence-electron chi connectivity index (χ1n) is 3.68. The highest BCUT2D eigenvalue weighted by atomic mass is 32.2. The summed E-state index contributed by atoms with van der Waals surface area (Å²) in [7, 11) is 0. The minimum absolute atomic E-state index is 0.154. The van der Waals surface area contributed by atoms with E-state index in [0.717, 1.165) is 30.4 Å². The van der Waals surface area contributed by atoms with E-state index < -0.39 is 0 Å². The third kappa shape index (κ3) is 1.13. The molecule has 0 bridgehead atoms. The molecule has 1 atom stereocenters. The Morgan fingerprint density at radius 1 is 1.73 bits per heavy atom. The van der Waals surface area contributed by atoms with Crippen molar-refractivity contribution in [1.29, 1.82) is 0 Å². The Kier molecular flexibility index (Phi) is 1.81. The molecule has 0 N–H and O–H groups in total. The van der Waals surface area contributed by atoms with Crippen molar-refractivity contribution in [3.8, 4) is 0 Å². The highest BCUT2D eigenvalue weighted by Crippen LogP contribution is 2.26. The molecule has 4 nitrogen and oxygen atoms in total. The van der Waals surface area contributed by atoms with Crippen molar-refractivity contribution >= 4 is 16.9 Å². The molecule has 1 fully saturated rings. The first-order chi connectivity index (χ1) is 5.42. The van der Waals surface area contributed by atoms with Crippen LogP contribution in [0.15, 0.2) is 10.2 Å². The molecule has 60 valence electrons. The first-order valence-corrected chi connectivity index (χ1v) is 4.67. The molecule has 2 heterocycles. The summed E-state index contributed by atoms with van der Waals surface area (Å²) in [6.45, 7) is 1.85. The Morgan fingerprint density at radius 2 is 2.64 bits per heavy atom. The molecule has 0 aliphatic carbocycles. The van der Waals surface area contributed by atoms with Gasteiger partial charge in [-0.15, -0.1) is 4.91 Å². The van der Waals surface area contributed by atoms with Gasteiger partial charge in [0.1, 0.15) is 0 Å². The van der Waals surface area contributed by atoms with Crippen molar-refractivity contribution in [3.63, 3.8) is 0 Å². The number of nitroso groups, excluding NO2 is 1. The number of aliphatic imine (C=N–C) groups is 1. The second-order valence-electron chi connectivity index (χ2n) is 2.61. The van der Waals surface area contributed by atoms with E-state index in [1.54, 1.807) is 11.8 Å². The maximum Gasteiger partial charge on any atom is 0.174 e. The fourth-order valence-corrected chi connectivity index (χ4v) is 2.43. The van der Waals surface area contributed by atoms with Crippen molar-refractivity contribution < 1.29 is 0 Å². The lowest BCUT2D eigenvalue weighted by Crippen LogP contribution is -2.35. The second kappa shape index (κ2) is 2.81. The molecule has 0 radical (unpaired) electrons. The molecule has 0 aromatic carbocycles. The number of amidine groups is 1. The zero-order valence-electron chi connectivity index (χ0n) is 6.06. The molecule has 0 spiro atoms. The third-order valence-electron chi connectivity index (χ3n) is 1.89. The quantitative estimate of drug-likeness (QED) is 0.550. The number of hydrogen-bond donors (Lipinski definition) is 0. The Morgan fingerprint density at radius 3 is 3.45 bits per heavy atom. The number of thioether (sulfide) groups is 1. The van der Waals surface area contributed by atoms with E-state index in [9.17, 15) is 4.91 Å². The lowest BCUT2D eigenvalue weighted by atomic mass is 10.3. The van der Waals surface area contributed by atoms with Gasteiger partial charge in [0.05, 0.1) is 0 Å². The van der Waals surface area contributed by atoms with Gasteiger partial charge in [-0.25, -0.2) is 0 Å². The summed E-state index contributed by atoms with van der Waals surface area (Å²) < 4.78 is 0. The van der Waals surface area contributed by atoms with Crippen LogP contribution in [0.5, 0.6) is 0 Å². The van der Waals surface area contributed by atoms with Crippen molar-refractivity contribution in [3.05, 3.63) is 4.91 Å². The summed E-state index contributed by atoms with van der Waals surface area (Å²) in [6.07, 6.45) is 0.898. The van der Waals surface area contributed by atoms with E-state index in [0.29, 0.717) is 0 Å². The van der Waals surface area contributed by atoms with Gasteiger partial charge in [-0.05, 0) is 11.6 Å². The SMILES string of the molecule is O=NC1CSC2=NCCCN21. The van der Waals surface area contributed by atoms with Gasteiger partial charge >= 0.3 is 0 Å². The Hall–Kier alpha value is -0.580. The van der Waals surface area contributed by atoms with Gasteiger partial charge in [-0.2, -0.15) is 0 Å². The Labute approximate surface area is 69.0 Å². The molecule has 0 amide bonds. The van der Waals surface area contributed by atoms with Crippen molar-refractivity contribution in [2.45, 2.75) is 12.6 Å². The predicted octanol–water partition coefficient (Wildman–Crippen LogP) is 0.887. The summed E-state index contributed by atoms with van der Waals surface area (Å²) in [5, 5.41) is 4.06. The van der Waals surface area contributed by atoms with Crippen molar-refractivity contribution in [2.75, 3.05) is 18.8 Å². The second-order valence-corrected chi connectivity index (χ2v) is 3.60. The van der Waals surface area contributed by atoms with Crippen LogP contribution in [0.2, 0.25) is 0 Å². The molecule has 2 rings (SSSR count). The van der Waals surface area contributed by atoms with E-state index in [1.807, 2.05) is 4.90 Å². The molecule has 5 heteroatoms. The average Bonchev–Trinajstić information content (AvgIpc) is 2.47. The molecule has 1 unspecified atom stereocenters. The van der Waals surface area contributed by atoms with Crippen LogP contribution in [-0.2, 0) is 0 Å². The van der Waals surface area contributed by atoms with Crippen LogP contribution in [0.4, 0.5) is 0 Å². The predicted molar refractivity (Wildman–Crippen MR) is 45.7 cm³/mol. The van der Waals surface area contributed by atoms with E-state index in [4.69, 9.17) is 0 Å². The van der Waals surface area contributed by atoms with Gasteiger partial charge in [-0.3, -0.25) is 4.99 Å². The lowest BCUT2D eigenvalue weighted by molar-refractivity contribution is 0.341. The summed E-state index contributed by atoms with van der Waals surface area (Å²) >= 11 is 1.64. The lowest BCUT2D eigenvalue weighted by Gasteiger charge is -2.23. The van der Waals surface area contributed by atoms with Gasteiger partial charge in [0.2, 0.25) is 0 Å². The van der Waals surface area contributed by atoms with Crippen LogP contribution in [0, 0.1) is 4.91 Å². The summed E-state index contributed by atoms with van der Waals surface area (Å²) in [6, 6.07) is 0. The molecule has 0 saturated carbocycles. The molecule has 0 aromatic rings. The van der Waals surface area contributed by atoms with Crippen LogP contribution in [0.3, 0.4) is 0 Å². The minimum Gasteiger partial charge on any atom is -0.326 e. The van der Waals surface area contributed by atoms with Crippen molar-refractivity contribution in [2.24, 2.45) is 10.2 Å². The van der Waals surface area contributed by atoms with Gasteiger partial charge in [0, 0.05) is 18.8 Å². The van der Waals surface area contributed by atoms with E-state index in [-0.39, 0.29) is 6.17 Å². The van der Waals surface area contributed by atoms with Gasteiger partial charge in [-0.1, -0.05) is 11.8 Å². The number of rotatable bonds is 1. The number of hydrogen-bond acceptors (Lipinski definition) is 5. The van der Waals surface area contributed by atoms with Crippen LogP contribution in [0.25, 0.3) is 0 Å². The Balaban J connectivity index is 2.17. The standard InChI is InChI=1S/C6H9N3OS/c10-8-5-4-11-6-7-2-1-3-9(5)6/h5H,1-4H2. The van der Waals surface area contributed by atoms with Crippen LogP contribution in [0.1, 0.15) is 6.42 Å². The van der Waals surface area contributed by atoms with Crippen LogP contribution in [-0.4, -0.2) is 35.1 Å². The fourth-order valence-electron chi connectivity index (χ4n) is 1.33. The monoisotopic (exact) mass is 171 g/mol. The molecule has 11 heavy (non-hydrogen) atoms. The highest BCUT2D eigenvalue weighted by molar-refractivity contribution is 8.14. The van der Waals surface area contributed by atoms with Gasteiger partial charge in [0.25, 0.3) is 0 Å². The number of nitrogens with zero attached hydrogens (tertiary/aromatic N) is 3.